The zero-order valence-corrected chi connectivity index (χ0v) is 11.4. The molecule has 1 fully saturated rings. The number of aromatic nitrogens is 1. The second-order valence-electron chi connectivity index (χ2n) is 5.28. The summed E-state index contributed by atoms with van der Waals surface area (Å²) < 4.78 is 6.84. The molecule has 1 aromatic rings. The summed E-state index contributed by atoms with van der Waals surface area (Å²) in [4.78, 5) is 14.5. The first-order valence-corrected chi connectivity index (χ1v) is 6.59. The number of rotatable bonds is 4. The third-order valence-corrected chi connectivity index (χ3v) is 3.71. The first-order valence-electron chi connectivity index (χ1n) is 6.59. The van der Waals surface area contributed by atoms with Gasteiger partial charge in [-0.05, 0) is 44.9 Å². The maximum absolute atomic E-state index is 12.0. The molecule has 1 aliphatic heterocycles. The van der Waals surface area contributed by atoms with E-state index in [0.717, 1.165) is 19.6 Å². The summed E-state index contributed by atoms with van der Waals surface area (Å²) in [7, 11) is 1.54. The minimum atomic E-state index is -0.0250. The lowest BCUT2D eigenvalue weighted by molar-refractivity contribution is 0.260. The van der Waals surface area contributed by atoms with Crippen LogP contribution in [0.3, 0.4) is 0 Å². The molecule has 1 aromatic heterocycles. The van der Waals surface area contributed by atoms with E-state index in [-0.39, 0.29) is 5.56 Å². The molecular formula is C14H22N2O2. The minimum absolute atomic E-state index is 0.0250. The first kappa shape index (κ1) is 13.1. The Morgan fingerprint density at radius 3 is 2.89 bits per heavy atom. The normalized spacial score (nSPS) is 20.6. The van der Waals surface area contributed by atoms with Gasteiger partial charge in [-0.3, -0.25) is 4.79 Å². The lowest BCUT2D eigenvalue weighted by Gasteiger charge is -2.20. The van der Waals surface area contributed by atoms with Crippen LogP contribution in [0.25, 0.3) is 0 Å². The highest BCUT2D eigenvalue weighted by atomic mass is 16.5. The quantitative estimate of drug-likeness (QED) is 0.814. The number of pyridine rings is 1. The maximum atomic E-state index is 12.0. The van der Waals surface area contributed by atoms with Gasteiger partial charge in [0, 0.05) is 25.3 Å². The molecule has 4 heteroatoms. The van der Waals surface area contributed by atoms with Crippen molar-refractivity contribution in [1.29, 1.82) is 0 Å². The molecule has 0 bridgehead atoms. The van der Waals surface area contributed by atoms with Crippen molar-refractivity contribution in [2.24, 2.45) is 5.92 Å². The van der Waals surface area contributed by atoms with E-state index in [2.05, 4.69) is 18.7 Å². The predicted octanol–water partition coefficient (Wildman–Crippen LogP) is 1.59. The molecule has 18 heavy (non-hydrogen) atoms. The highest BCUT2D eigenvalue weighted by Crippen LogP contribution is 2.19. The Morgan fingerprint density at radius 2 is 2.28 bits per heavy atom. The molecule has 0 amide bonds. The maximum Gasteiger partial charge on any atom is 0.292 e. The molecule has 0 unspecified atom stereocenters. The summed E-state index contributed by atoms with van der Waals surface area (Å²) in [5, 5.41) is 0. The largest absolute Gasteiger partial charge is 0.491 e. The summed E-state index contributed by atoms with van der Waals surface area (Å²) in [6, 6.07) is 4.18. The number of methoxy groups -OCH3 is 1. The van der Waals surface area contributed by atoms with E-state index < -0.39 is 0 Å². The van der Waals surface area contributed by atoms with Gasteiger partial charge in [-0.2, -0.15) is 0 Å². The van der Waals surface area contributed by atoms with Gasteiger partial charge in [0.1, 0.15) is 0 Å². The molecule has 0 N–H and O–H groups in total. The number of ether oxygens (including phenoxy) is 1. The zero-order valence-electron chi connectivity index (χ0n) is 11.4. The average Bonchev–Trinajstić information content (AvgIpc) is 2.80. The van der Waals surface area contributed by atoms with Gasteiger partial charge in [0.2, 0.25) is 0 Å². The van der Waals surface area contributed by atoms with E-state index in [1.807, 2.05) is 12.3 Å². The summed E-state index contributed by atoms with van der Waals surface area (Å²) in [6.07, 6.45) is 3.02. The number of hydrogen-bond acceptors (Lipinski definition) is 3. The van der Waals surface area contributed by atoms with Gasteiger partial charge in [0.05, 0.1) is 7.11 Å². The number of nitrogens with zero attached hydrogens (tertiary/aromatic N) is 2. The Bertz CT molecular complexity index is 453. The van der Waals surface area contributed by atoms with E-state index in [4.69, 9.17) is 4.74 Å². The fraction of sp³-hybridized carbons (Fsp3) is 0.643. The van der Waals surface area contributed by atoms with Gasteiger partial charge in [0.25, 0.3) is 5.56 Å². The van der Waals surface area contributed by atoms with Gasteiger partial charge in [-0.15, -0.1) is 0 Å². The van der Waals surface area contributed by atoms with Crippen LogP contribution in [0, 0.1) is 5.92 Å². The van der Waals surface area contributed by atoms with E-state index in [1.54, 1.807) is 10.6 Å². The molecule has 100 valence electrons. The third-order valence-electron chi connectivity index (χ3n) is 3.71. The molecule has 1 aliphatic rings. The highest BCUT2D eigenvalue weighted by molar-refractivity contribution is 5.17. The van der Waals surface area contributed by atoms with Crippen molar-refractivity contribution in [3.05, 3.63) is 28.7 Å². The smallest absolute Gasteiger partial charge is 0.292 e. The highest BCUT2D eigenvalue weighted by Gasteiger charge is 2.24. The molecule has 0 aliphatic carbocycles. The Hall–Kier alpha value is -1.29. The Kier molecular flexibility index (Phi) is 4.07. The van der Waals surface area contributed by atoms with Crippen molar-refractivity contribution in [3.8, 4) is 5.75 Å². The second kappa shape index (κ2) is 5.57. The molecule has 2 heterocycles. The van der Waals surface area contributed by atoms with Gasteiger partial charge >= 0.3 is 0 Å². The van der Waals surface area contributed by atoms with Crippen molar-refractivity contribution >= 4 is 0 Å². The van der Waals surface area contributed by atoms with E-state index in [0.29, 0.717) is 17.7 Å². The van der Waals surface area contributed by atoms with Crippen LogP contribution in [-0.2, 0) is 6.54 Å². The van der Waals surface area contributed by atoms with Gasteiger partial charge in [0.15, 0.2) is 5.75 Å². The molecule has 1 saturated heterocycles. The van der Waals surface area contributed by atoms with Crippen LogP contribution in [0.2, 0.25) is 0 Å². The van der Waals surface area contributed by atoms with Crippen molar-refractivity contribution in [2.45, 2.75) is 32.9 Å². The van der Waals surface area contributed by atoms with Crippen LogP contribution in [0.4, 0.5) is 0 Å². The molecule has 1 atom stereocenters. The van der Waals surface area contributed by atoms with E-state index >= 15 is 0 Å². The number of likely N-dealkylation sites (tertiary alicyclic amines) is 1. The van der Waals surface area contributed by atoms with Gasteiger partial charge in [-0.25, -0.2) is 0 Å². The summed E-state index contributed by atoms with van der Waals surface area (Å²) in [6.45, 7) is 7.46. The SMILES string of the molecule is COc1cccn(C[C@H]2CCN(C(C)C)C2)c1=O. The standard InChI is InChI=1S/C14H22N2O2/c1-11(2)15-8-6-12(9-15)10-16-7-4-5-13(18-3)14(16)17/h4-5,7,11-12H,6,8-10H2,1-3H3/t12-/m0/s1. The Labute approximate surface area is 108 Å². The Morgan fingerprint density at radius 1 is 1.50 bits per heavy atom. The summed E-state index contributed by atoms with van der Waals surface area (Å²) in [5.74, 6) is 0.994. The summed E-state index contributed by atoms with van der Waals surface area (Å²) in [5.41, 5.74) is -0.0250. The first-order chi connectivity index (χ1) is 8.61. The lowest BCUT2D eigenvalue weighted by atomic mass is 10.1. The molecule has 0 aromatic carbocycles. The monoisotopic (exact) mass is 250 g/mol. The molecular weight excluding hydrogens is 228 g/mol. The fourth-order valence-corrected chi connectivity index (χ4v) is 2.57. The van der Waals surface area contributed by atoms with Gasteiger partial charge in [-0.1, -0.05) is 0 Å². The minimum Gasteiger partial charge on any atom is -0.491 e. The Balaban J connectivity index is 2.05. The lowest BCUT2D eigenvalue weighted by Crippen LogP contribution is -2.30. The molecule has 2 rings (SSSR count). The van der Waals surface area contributed by atoms with Crippen molar-refractivity contribution in [3.63, 3.8) is 0 Å². The van der Waals surface area contributed by atoms with Crippen molar-refractivity contribution in [2.75, 3.05) is 20.2 Å². The predicted molar refractivity (Wildman–Crippen MR) is 72.1 cm³/mol. The molecule has 4 nitrogen and oxygen atoms in total. The number of hydrogen-bond donors (Lipinski definition) is 0. The third kappa shape index (κ3) is 2.75. The van der Waals surface area contributed by atoms with E-state index in [1.165, 1.54) is 13.5 Å². The van der Waals surface area contributed by atoms with Crippen LogP contribution in [0.5, 0.6) is 5.75 Å². The molecule has 0 saturated carbocycles. The second-order valence-corrected chi connectivity index (χ2v) is 5.28. The van der Waals surface area contributed by atoms with E-state index in [9.17, 15) is 4.79 Å². The van der Waals surface area contributed by atoms with Crippen LogP contribution < -0.4 is 10.3 Å². The van der Waals surface area contributed by atoms with Crippen LogP contribution in [0.1, 0.15) is 20.3 Å². The van der Waals surface area contributed by atoms with Crippen molar-refractivity contribution < 1.29 is 4.74 Å². The topological polar surface area (TPSA) is 34.5 Å². The van der Waals surface area contributed by atoms with Gasteiger partial charge < -0.3 is 14.2 Å². The molecule has 0 spiro atoms. The van der Waals surface area contributed by atoms with Crippen LogP contribution >= 0.6 is 0 Å². The van der Waals surface area contributed by atoms with Crippen LogP contribution in [0.15, 0.2) is 23.1 Å². The average molecular weight is 250 g/mol. The summed E-state index contributed by atoms with van der Waals surface area (Å²) >= 11 is 0. The van der Waals surface area contributed by atoms with Crippen LogP contribution in [-0.4, -0.2) is 35.7 Å². The zero-order chi connectivity index (χ0) is 13.1. The van der Waals surface area contributed by atoms with Crippen molar-refractivity contribution in [1.82, 2.24) is 9.47 Å². The fourth-order valence-electron chi connectivity index (χ4n) is 2.57. The molecule has 0 radical (unpaired) electrons.